The molecule has 2 aromatic rings. The maximum Gasteiger partial charge on any atom is 0.0801 e. The Hall–Kier alpha value is -1.19. The number of nitrogens with zero attached hydrogens (tertiary/aromatic N) is 1. The van der Waals surface area contributed by atoms with E-state index in [1.807, 2.05) is 6.20 Å². The lowest BCUT2D eigenvalue weighted by molar-refractivity contribution is 0.265. The van der Waals surface area contributed by atoms with E-state index >= 15 is 0 Å². The molecule has 2 aliphatic rings. The molecule has 0 bridgehead atoms. The summed E-state index contributed by atoms with van der Waals surface area (Å²) < 4.78 is 0. The summed E-state index contributed by atoms with van der Waals surface area (Å²) >= 11 is 1.75. The Bertz CT molecular complexity index is 645. The second-order valence-corrected chi connectivity index (χ2v) is 8.90. The van der Waals surface area contributed by atoms with E-state index < -0.39 is 0 Å². The van der Waals surface area contributed by atoms with Gasteiger partial charge in [0.05, 0.1) is 10.6 Å². The second-order valence-electron chi connectivity index (χ2n) is 7.95. The molecule has 4 unspecified atom stereocenters. The molecule has 2 saturated carbocycles. The zero-order valence-corrected chi connectivity index (χ0v) is 14.9. The third-order valence-electron chi connectivity index (χ3n) is 5.60. The van der Waals surface area contributed by atoms with Crippen molar-refractivity contribution in [3.05, 3.63) is 41.4 Å². The predicted octanol–water partition coefficient (Wildman–Crippen LogP) is 5.11. The molecule has 2 fully saturated rings. The maximum atomic E-state index is 4.63. The van der Waals surface area contributed by atoms with E-state index in [0.29, 0.717) is 5.54 Å². The molecule has 0 radical (unpaired) electrons. The molecule has 2 heterocycles. The highest BCUT2D eigenvalue weighted by Gasteiger charge is 2.45. The smallest absolute Gasteiger partial charge is 0.0801 e. The van der Waals surface area contributed by atoms with Crippen LogP contribution in [0.2, 0.25) is 0 Å². The van der Waals surface area contributed by atoms with E-state index in [-0.39, 0.29) is 0 Å². The fourth-order valence-electron chi connectivity index (χ4n) is 4.44. The molecule has 122 valence electrons. The molecule has 2 aromatic heterocycles. The van der Waals surface area contributed by atoms with Crippen molar-refractivity contribution in [2.24, 2.45) is 17.8 Å². The first-order valence-corrected chi connectivity index (χ1v) is 9.73. The van der Waals surface area contributed by atoms with Gasteiger partial charge in [0.25, 0.3) is 0 Å². The molecule has 4 rings (SSSR count). The zero-order chi connectivity index (χ0) is 15.9. The van der Waals surface area contributed by atoms with Crippen molar-refractivity contribution in [2.45, 2.75) is 51.6 Å². The van der Waals surface area contributed by atoms with Gasteiger partial charge < -0.3 is 5.32 Å². The third kappa shape index (κ3) is 3.51. The van der Waals surface area contributed by atoms with Gasteiger partial charge in [0.2, 0.25) is 0 Å². The molecule has 1 N–H and O–H groups in total. The summed E-state index contributed by atoms with van der Waals surface area (Å²) in [6.07, 6.45) is 7.60. The Morgan fingerprint density at radius 2 is 2.13 bits per heavy atom. The van der Waals surface area contributed by atoms with Crippen molar-refractivity contribution in [1.29, 1.82) is 0 Å². The van der Waals surface area contributed by atoms with Crippen LogP contribution in [0.25, 0.3) is 10.6 Å². The van der Waals surface area contributed by atoms with Crippen LogP contribution in [-0.2, 0) is 6.54 Å². The van der Waals surface area contributed by atoms with Crippen LogP contribution in [0.5, 0.6) is 0 Å². The summed E-state index contributed by atoms with van der Waals surface area (Å²) in [4.78, 5) is 5.88. The van der Waals surface area contributed by atoms with Crippen LogP contribution in [0.15, 0.2) is 35.8 Å². The van der Waals surface area contributed by atoms with E-state index in [1.54, 1.807) is 11.3 Å². The van der Waals surface area contributed by atoms with Crippen LogP contribution in [0.1, 0.15) is 45.1 Å². The number of hydrogen-bond acceptors (Lipinski definition) is 3. The fourth-order valence-corrected chi connectivity index (χ4v) is 5.14. The molecule has 2 aliphatic carbocycles. The lowest BCUT2D eigenvalue weighted by atomic mass is 9.86. The molecule has 2 nitrogen and oxygen atoms in total. The SMILES string of the molecule is CC1CC2CC2CC(C)(NCc2ccc(-c3cccs3)nc2)C1. The predicted molar refractivity (Wildman–Crippen MR) is 97.4 cm³/mol. The summed E-state index contributed by atoms with van der Waals surface area (Å²) in [6, 6.07) is 8.58. The molecule has 23 heavy (non-hydrogen) atoms. The number of hydrogen-bond donors (Lipinski definition) is 1. The van der Waals surface area contributed by atoms with E-state index in [2.05, 4.69) is 53.8 Å². The Labute approximate surface area is 143 Å². The first-order valence-electron chi connectivity index (χ1n) is 8.85. The second kappa shape index (κ2) is 6.03. The number of pyridine rings is 1. The van der Waals surface area contributed by atoms with E-state index in [1.165, 1.54) is 36.1 Å². The highest BCUT2D eigenvalue weighted by molar-refractivity contribution is 7.13. The average Bonchev–Trinajstić information content (AvgIpc) is 3.02. The normalized spacial score (nSPS) is 33.0. The molecule has 0 aromatic carbocycles. The lowest BCUT2D eigenvalue weighted by Crippen LogP contribution is -2.43. The van der Waals surface area contributed by atoms with Gasteiger partial charge >= 0.3 is 0 Å². The molecule has 0 amide bonds. The molecular formula is C20H26N2S. The third-order valence-corrected chi connectivity index (χ3v) is 6.50. The zero-order valence-electron chi connectivity index (χ0n) is 14.1. The van der Waals surface area contributed by atoms with Crippen LogP contribution in [0.3, 0.4) is 0 Å². The van der Waals surface area contributed by atoms with Crippen LogP contribution in [0.4, 0.5) is 0 Å². The first kappa shape index (κ1) is 15.3. The quantitative estimate of drug-likeness (QED) is 0.844. The summed E-state index contributed by atoms with van der Waals surface area (Å²) in [7, 11) is 0. The van der Waals surface area contributed by atoms with Crippen molar-refractivity contribution in [3.63, 3.8) is 0 Å². The van der Waals surface area contributed by atoms with Gasteiger partial charge in [0.15, 0.2) is 0 Å². The average molecular weight is 327 g/mol. The van der Waals surface area contributed by atoms with Crippen LogP contribution >= 0.6 is 11.3 Å². The van der Waals surface area contributed by atoms with Gasteiger partial charge in [-0.25, -0.2) is 0 Å². The molecule has 0 aliphatic heterocycles. The van der Waals surface area contributed by atoms with Crippen molar-refractivity contribution in [2.75, 3.05) is 0 Å². The number of aromatic nitrogens is 1. The van der Waals surface area contributed by atoms with Crippen molar-refractivity contribution < 1.29 is 0 Å². The van der Waals surface area contributed by atoms with Gasteiger partial charge in [-0.1, -0.05) is 19.1 Å². The number of thiophene rings is 1. The highest BCUT2D eigenvalue weighted by atomic mass is 32.1. The standard InChI is InChI=1S/C20H26N2S/c1-14-8-16-9-17(16)11-20(2,10-14)22-13-15-5-6-18(21-12-15)19-4-3-7-23-19/h3-7,12,14,16-17,22H,8-11,13H2,1-2H3. The Morgan fingerprint density at radius 3 is 2.87 bits per heavy atom. The van der Waals surface area contributed by atoms with Gasteiger partial charge in [-0.15, -0.1) is 11.3 Å². The van der Waals surface area contributed by atoms with Gasteiger partial charge in [-0.3, -0.25) is 4.98 Å². The summed E-state index contributed by atoms with van der Waals surface area (Å²) in [6.45, 7) is 5.79. The van der Waals surface area contributed by atoms with Gasteiger partial charge in [0, 0.05) is 18.3 Å². The molecule has 0 saturated heterocycles. The Morgan fingerprint density at radius 1 is 1.22 bits per heavy atom. The number of fused-ring (bicyclic) bond motifs is 1. The fraction of sp³-hybridized carbons (Fsp3) is 0.550. The van der Waals surface area contributed by atoms with Gasteiger partial charge in [-0.2, -0.15) is 0 Å². The minimum atomic E-state index is 0.293. The maximum absolute atomic E-state index is 4.63. The molecule has 0 spiro atoms. The van der Waals surface area contributed by atoms with Crippen molar-refractivity contribution >= 4 is 11.3 Å². The van der Waals surface area contributed by atoms with Crippen LogP contribution in [-0.4, -0.2) is 10.5 Å². The van der Waals surface area contributed by atoms with Crippen molar-refractivity contribution in [3.8, 4) is 10.6 Å². The van der Waals surface area contributed by atoms with Gasteiger partial charge in [-0.05, 0) is 73.4 Å². The number of rotatable bonds is 4. The lowest BCUT2D eigenvalue weighted by Gasteiger charge is -2.32. The van der Waals surface area contributed by atoms with E-state index in [9.17, 15) is 0 Å². The highest BCUT2D eigenvalue weighted by Crippen LogP contribution is 2.52. The van der Waals surface area contributed by atoms with Crippen molar-refractivity contribution in [1.82, 2.24) is 10.3 Å². The molecule has 4 atom stereocenters. The summed E-state index contributed by atoms with van der Waals surface area (Å²) in [5.41, 5.74) is 2.66. The van der Waals surface area contributed by atoms with E-state index in [4.69, 9.17) is 0 Å². The Kier molecular flexibility index (Phi) is 4.02. The number of nitrogens with one attached hydrogen (secondary N) is 1. The minimum absolute atomic E-state index is 0.293. The molecule has 3 heteroatoms. The van der Waals surface area contributed by atoms with Crippen LogP contribution < -0.4 is 5.32 Å². The first-order chi connectivity index (χ1) is 11.1. The van der Waals surface area contributed by atoms with Gasteiger partial charge in [0.1, 0.15) is 0 Å². The minimum Gasteiger partial charge on any atom is -0.307 e. The topological polar surface area (TPSA) is 24.9 Å². The molecular weight excluding hydrogens is 300 g/mol. The largest absolute Gasteiger partial charge is 0.307 e. The Balaban J connectivity index is 1.40. The summed E-state index contributed by atoms with van der Waals surface area (Å²) in [5, 5.41) is 5.96. The van der Waals surface area contributed by atoms with Crippen LogP contribution in [0, 0.1) is 17.8 Å². The van der Waals surface area contributed by atoms with E-state index in [0.717, 1.165) is 30.0 Å². The monoisotopic (exact) mass is 326 g/mol. The summed E-state index contributed by atoms with van der Waals surface area (Å²) in [5.74, 6) is 2.86.